The monoisotopic (exact) mass is 194 g/mol. The molecule has 5 heteroatoms. The quantitative estimate of drug-likeness (QED) is 0.713. The highest BCUT2D eigenvalue weighted by Gasteiger charge is 2.31. The second-order valence-corrected chi connectivity index (χ2v) is 3.34. The van der Waals surface area contributed by atoms with Crippen molar-refractivity contribution in [3.8, 4) is 0 Å². The molecular weight excluding hydrogens is 180 g/mol. The molecule has 2 heterocycles. The molecule has 1 aliphatic heterocycles. The first-order valence-electron chi connectivity index (χ1n) is 4.74. The predicted molar refractivity (Wildman–Crippen MR) is 51.3 cm³/mol. The largest absolute Gasteiger partial charge is 0.321 e. The number of likely N-dealkylation sites (N-methyl/N-ethyl adjacent to an activating group) is 1. The van der Waals surface area contributed by atoms with Crippen LogP contribution in [0.1, 0.15) is 18.8 Å². The van der Waals surface area contributed by atoms with E-state index in [1.165, 1.54) is 0 Å². The van der Waals surface area contributed by atoms with Gasteiger partial charge in [0.15, 0.2) is 0 Å². The molecule has 1 aliphatic rings. The summed E-state index contributed by atoms with van der Waals surface area (Å²) in [4.78, 5) is 13.3. The van der Waals surface area contributed by atoms with Crippen molar-refractivity contribution in [2.24, 2.45) is 7.05 Å². The van der Waals surface area contributed by atoms with Crippen LogP contribution in [0.2, 0.25) is 0 Å². The highest BCUT2D eigenvalue weighted by molar-refractivity contribution is 5.80. The second-order valence-electron chi connectivity index (χ2n) is 3.34. The van der Waals surface area contributed by atoms with Crippen molar-refractivity contribution in [2.45, 2.75) is 13.1 Å². The number of carbonyl (C=O) groups is 1. The number of aromatic nitrogens is 2. The van der Waals surface area contributed by atoms with Crippen LogP contribution in [0, 0.1) is 0 Å². The average Bonchev–Trinajstić information content (AvgIpc) is 2.71. The van der Waals surface area contributed by atoms with E-state index in [0.717, 1.165) is 12.2 Å². The highest BCUT2D eigenvalue weighted by Crippen LogP contribution is 2.20. The van der Waals surface area contributed by atoms with Gasteiger partial charge in [-0.2, -0.15) is 5.10 Å². The summed E-state index contributed by atoms with van der Waals surface area (Å²) in [6, 6.07) is 1.93. The number of hydrogen-bond acceptors (Lipinski definition) is 3. The summed E-state index contributed by atoms with van der Waals surface area (Å²) in [6.45, 7) is 3.12. The van der Waals surface area contributed by atoms with Crippen molar-refractivity contribution in [1.29, 1.82) is 0 Å². The number of nitrogens with one attached hydrogen (secondary N) is 1. The Hall–Kier alpha value is -1.36. The molecule has 1 N–H and O–H groups in total. The summed E-state index contributed by atoms with van der Waals surface area (Å²) >= 11 is 0. The molecular formula is C9H14N4O. The van der Waals surface area contributed by atoms with E-state index in [-0.39, 0.29) is 12.1 Å². The summed E-state index contributed by atoms with van der Waals surface area (Å²) in [6.07, 6.45) is 1.73. The van der Waals surface area contributed by atoms with E-state index < -0.39 is 0 Å². The molecule has 1 atom stereocenters. The Morgan fingerprint density at radius 3 is 3.07 bits per heavy atom. The average molecular weight is 194 g/mol. The molecule has 5 nitrogen and oxygen atoms in total. The number of hydrogen-bond donors (Lipinski definition) is 1. The molecule has 2 rings (SSSR count). The Morgan fingerprint density at radius 1 is 1.71 bits per heavy atom. The molecule has 14 heavy (non-hydrogen) atoms. The fraction of sp³-hybridized carbons (Fsp3) is 0.556. The molecule has 1 saturated heterocycles. The molecule has 0 aromatic carbocycles. The van der Waals surface area contributed by atoms with Gasteiger partial charge in [-0.15, -0.1) is 0 Å². The lowest BCUT2D eigenvalue weighted by Crippen LogP contribution is -2.31. The zero-order valence-corrected chi connectivity index (χ0v) is 8.40. The van der Waals surface area contributed by atoms with Gasteiger partial charge in [0.1, 0.15) is 6.17 Å². The molecule has 76 valence electrons. The zero-order chi connectivity index (χ0) is 10.1. The fourth-order valence-corrected chi connectivity index (χ4v) is 1.82. The van der Waals surface area contributed by atoms with Gasteiger partial charge in [-0.25, -0.2) is 0 Å². The first kappa shape index (κ1) is 9.21. The van der Waals surface area contributed by atoms with Gasteiger partial charge in [-0.1, -0.05) is 0 Å². The standard InChI is InChI=1S/C9H14N4O/c1-3-13-8(14)6-10-9(13)7-4-5-11-12(7)2/h4-5,9-10H,3,6H2,1-2H3. The van der Waals surface area contributed by atoms with E-state index in [4.69, 9.17) is 0 Å². The van der Waals surface area contributed by atoms with Crippen molar-refractivity contribution in [1.82, 2.24) is 20.0 Å². The van der Waals surface area contributed by atoms with Crippen LogP contribution < -0.4 is 5.32 Å². The van der Waals surface area contributed by atoms with E-state index in [1.54, 1.807) is 10.9 Å². The van der Waals surface area contributed by atoms with Gasteiger partial charge in [0, 0.05) is 19.8 Å². The van der Waals surface area contributed by atoms with Crippen LogP contribution in [0.4, 0.5) is 0 Å². The van der Waals surface area contributed by atoms with Crippen LogP contribution in [0.5, 0.6) is 0 Å². The van der Waals surface area contributed by atoms with Gasteiger partial charge in [-0.05, 0) is 13.0 Å². The van der Waals surface area contributed by atoms with E-state index in [1.807, 2.05) is 24.9 Å². The maximum atomic E-state index is 11.5. The summed E-state index contributed by atoms with van der Waals surface area (Å²) in [7, 11) is 1.88. The van der Waals surface area contributed by atoms with Crippen LogP contribution >= 0.6 is 0 Å². The zero-order valence-electron chi connectivity index (χ0n) is 8.40. The molecule has 1 unspecified atom stereocenters. The maximum absolute atomic E-state index is 11.5. The normalized spacial score (nSPS) is 22.0. The summed E-state index contributed by atoms with van der Waals surface area (Å²) < 4.78 is 1.79. The highest BCUT2D eigenvalue weighted by atomic mass is 16.2. The lowest BCUT2D eigenvalue weighted by molar-refractivity contribution is -0.127. The van der Waals surface area contributed by atoms with Crippen molar-refractivity contribution >= 4 is 5.91 Å². The summed E-state index contributed by atoms with van der Waals surface area (Å²) in [5.41, 5.74) is 1.03. The smallest absolute Gasteiger partial charge is 0.238 e. The Labute approximate surface area is 82.7 Å². The van der Waals surface area contributed by atoms with Gasteiger partial charge in [0.25, 0.3) is 0 Å². The van der Waals surface area contributed by atoms with Crippen molar-refractivity contribution in [3.63, 3.8) is 0 Å². The molecule has 0 aliphatic carbocycles. The number of nitrogens with zero attached hydrogens (tertiary/aromatic N) is 3. The number of rotatable bonds is 2. The van der Waals surface area contributed by atoms with E-state index in [2.05, 4.69) is 10.4 Å². The van der Waals surface area contributed by atoms with Crippen LogP contribution in [0.3, 0.4) is 0 Å². The molecule has 0 spiro atoms. The topological polar surface area (TPSA) is 50.2 Å². The Bertz CT molecular complexity index is 346. The first-order valence-corrected chi connectivity index (χ1v) is 4.74. The molecule has 1 amide bonds. The lowest BCUT2D eigenvalue weighted by Gasteiger charge is -2.22. The minimum Gasteiger partial charge on any atom is -0.321 e. The third-order valence-electron chi connectivity index (χ3n) is 2.56. The SMILES string of the molecule is CCN1C(=O)CNC1c1ccnn1C. The fourth-order valence-electron chi connectivity index (χ4n) is 1.82. The lowest BCUT2D eigenvalue weighted by atomic mass is 10.3. The minimum atomic E-state index is -0.0139. The maximum Gasteiger partial charge on any atom is 0.238 e. The third kappa shape index (κ3) is 1.29. The van der Waals surface area contributed by atoms with E-state index in [9.17, 15) is 4.79 Å². The van der Waals surface area contributed by atoms with Crippen molar-refractivity contribution < 1.29 is 4.79 Å². The first-order chi connectivity index (χ1) is 6.74. The molecule has 1 fully saturated rings. The van der Waals surface area contributed by atoms with Gasteiger partial charge in [0.05, 0.1) is 12.2 Å². The van der Waals surface area contributed by atoms with E-state index in [0.29, 0.717) is 6.54 Å². The summed E-state index contributed by atoms with van der Waals surface area (Å²) in [5, 5.41) is 7.26. The number of amides is 1. The molecule has 1 aromatic rings. The molecule has 1 aromatic heterocycles. The van der Waals surface area contributed by atoms with Gasteiger partial charge < -0.3 is 4.90 Å². The Balaban J connectivity index is 2.27. The Kier molecular flexibility index (Phi) is 2.25. The van der Waals surface area contributed by atoms with Crippen LogP contribution in [-0.2, 0) is 11.8 Å². The van der Waals surface area contributed by atoms with Crippen molar-refractivity contribution in [3.05, 3.63) is 18.0 Å². The van der Waals surface area contributed by atoms with Gasteiger partial charge in [0.2, 0.25) is 5.91 Å². The predicted octanol–water partition coefficient (Wildman–Crippen LogP) is -0.130. The number of carbonyl (C=O) groups excluding carboxylic acids is 1. The van der Waals surface area contributed by atoms with Gasteiger partial charge >= 0.3 is 0 Å². The third-order valence-corrected chi connectivity index (χ3v) is 2.56. The minimum absolute atomic E-state index is 0.0139. The van der Waals surface area contributed by atoms with E-state index >= 15 is 0 Å². The summed E-state index contributed by atoms with van der Waals surface area (Å²) in [5.74, 6) is 0.152. The molecule has 0 radical (unpaired) electrons. The van der Waals surface area contributed by atoms with Crippen molar-refractivity contribution in [2.75, 3.05) is 13.1 Å². The Morgan fingerprint density at radius 2 is 2.50 bits per heavy atom. The molecule has 0 saturated carbocycles. The number of aryl methyl sites for hydroxylation is 1. The van der Waals surface area contributed by atoms with Gasteiger partial charge in [-0.3, -0.25) is 14.8 Å². The van der Waals surface area contributed by atoms with Crippen LogP contribution in [0.15, 0.2) is 12.3 Å². The second kappa shape index (κ2) is 3.42. The van der Waals surface area contributed by atoms with Crippen LogP contribution in [0.25, 0.3) is 0 Å². The van der Waals surface area contributed by atoms with Crippen LogP contribution in [-0.4, -0.2) is 33.7 Å². The molecule has 0 bridgehead atoms.